The van der Waals surface area contributed by atoms with Gasteiger partial charge in [-0.2, -0.15) is 0 Å². The summed E-state index contributed by atoms with van der Waals surface area (Å²) in [6, 6.07) is 7.78. The fourth-order valence-electron chi connectivity index (χ4n) is 3.00. The Morgan fingerprint density at radius 3 is 2.44 bits per heavy atom. The minimum absolute atomic E-state index is 0.457. The van der Waals surface area contributed by atoms with Crippen LogP contribution >= 0.6 is 11.6 Å². The van der Waals surface area contributed by atoms with Crippen molar-refractivity contribution in [3.63, 3.8) is 0 Å². The van der Waals surface area contributed by atoms with Gasteiger partial charge in [-0.3, -0.25) is 4.99 Å². The van der Waals surface area contributed by atoms with E-state index in [1.807, 2.05) is 31.3 Å². The maximum Gasteiger partial charge on any atom is 0.211 e. The summed E-state index contributed by atoms with van der Waals surface area (Å²) in [5.41, 5.74) is 1.16. The molecule has 6 nitrogen and oxygen atoms in total. The molecule has 1 aliphatic rings. The Hall–Kier alpha value is -1.31. The average molecular weight is 387 g/mol. The van der Waals surface area contributed by atoms with Crippen molar-refractivity contribution in [1.29, 1.82) is 0 Å². The van der Waals surface area contributed by atoms with Crippen molar-refractivity contribution in [3.8, 4) is 0 Å². The Morgan fingerprint density at radius 1 is 1.32 bits per heavy atom. The molecule has 8 heteroatoms. The number of guanidine groups is 1. The summed E-state index contributed by atoms with van der Waals surface area (Å²) in [5.74, 6) is 1.29. The molecule has 0 unspecified atom stereocenters. The molecular formula is C17H27ClN4O2S. The molecule has 1 fully saturated rings. The van der Waals surface area contributed by atoms with Crippen LogP contribution in [0.1, 0.15) is 18.4 Å². The van der Waals surface area contributed by atoms with E-state index in [2.05, 4.69) is 15.2 Å². The van der Waals surface area contributed by atoms with Crippen LogP contribution in [-0.4, -0.2) is 63.6 Å². The first-order valence-corrected chi connectivity index (χ1v) is 10.6. The van der Waals surface area contributed by atoms with Crippen molar-refractivity contribution in [2.75, 3.05) is 40.0 Å². The first-order valence-electron chi connectivity index (χ1n) is 8.41. The fraction of sp³-hybridized carbons (Fsp3) is 0.588. The second-order valence-corrected chi connectivity index (χ2v) is 8.93. The molecule has 2 rings (SSSR count). The molecule has 0 bridgehead atoms. The third-order valence-corrected chi connectivity index (χ3v) is 6.05. The van der Waals surface area contributed by atoms with Gasteiger partial charge in [-0.1, -0.05) is 23.7 Å². The van der Waals surface area contributed by atoms with E-state index in [-0.39, 0.29) is 0 Å². The van der Waals surface area contributed by atoms with Crippen molar-refractivity contribution in [3.05, 3.63) is 34.9 Å². The molecule has 1 aromatic rings. The van der Waals surface area contributed by atoms with Crippen LogP contribution in [0.15, 0.2) is 29.3 Å². The van der Waals surface area contributed by atoms with Gasteiger partial charge in [-0.15, -0.1) is 0 Å². The zero-order chi connectivity index (χ0) is 18.4. The first kappa shape index (κ1) is 20.0. The summed E-state index contributed by atoms with van der Waals surface area (Å²) in [5, 5.41) is 4.14. The van der Waals surface area contributed by atoms with Crippen LogP contribution in [0.25, 0.3) is 0 Å². The molecular weight excluding hydrogens is 360 g/mol. The normalized spacial score (nSPS) is 17.5. The van der Waals surface area contributed by atoms with E-state index in [1.165, 1.54) is 6.26 Å². The van der Waals surface area contributed by atoms with Crippen molar-refractivity contribution < 1.29 is 8.42 Å². The van der Waals surface area contributed by atoms with Crippen LogP contribution in [0.3, 0.4) is 0 Å². The number of halogens is 1. The minimum atomic E-state index is -3.06. The summed E-state index contributed by atoms with van der Waals surface area (Å²) in [4.78, 5) is 6.40. The summed E-state index contributed by atoms with van der Waals surface area (Å²) >= 11 is 5.92. The van der Waals surface area contributed by atoms with Crippen molar-refractivity contribution in [2.45, 2.75) is 19.4 Å². The van der Waals surface area contributed by atoms with Gasteiger partial charge in [0.1, 0.15) is 0 Å². The minimum Gasteiger partial charge on any atom is -0.356 e. The monoisotopic (exact) mass is 386 g/mol. The lowest BCUT2D eigenvalue weighted by molar-refractivity contribution is 0.273. The maximum atomic E-state index is 11.6. The summed E-state index contributed by atoms with van der Waals surface area (Å²) in [6.07, 6.45) is 3.02. The van der Waals surface area contributed by atoms with Crippen molar-refractivity contribution in [1.82, 2.24) is 14.5 Å². The van der Waals surface area contributed by atoms with Gasteiger partial charge in [-0.25, -0.2) is 12.7 Å². The maximum absolute atomic E-state index is 11.6. The molecule has 1 heterocycles. The van der Waals surface area contributed by atoms with Gasteiger partial charge in [0.25, 0.3) is 0 Å². The molecule has 1 saturated heterocycles. The molecule has 1 N–H and O–H groups in total. The number of aliphatic imine (C=N–C) groups is 1. The molecule has 0 saturated carbocycles. The highest BCUT2D eigenvalue weighted by Gasteiger charge is 2.25. The molecule has 25 heavy (non-hydrogen) atoms. The second-order valence-electron chi connectivity index (χ2n) is 6.52. The molecule has 140 valence electrons. The molecule has 0 aliphatic carbocycles. The number of piperidine rings is 1. The van der Waals surface area contributed by atoms with Crippen molar-refractivity contribution >= 4 is 27.6 Å². The summed E-state index contributed by atoms with van der Waals surface area (Å²) in [6.45, 7) is 2.74. The summed E-state index contributed by atoms with van der Waals surface area (Å²) < 4.78 is 24.7. The van der Waals surface area contributed by atoms with Gasteiger partial charge < -0.3 is 10.2 Å². The lowest BCUT2D eigenvalue weighted by Crippen LogP contribution is -2.44. The van der Waals surface area contributed by atoms with E-state index in [9.17, 15) is 8.42 Å². The van der Waals surface area contributed by atoms with Gasteiger partial charge >= 0.3 is 0 Å². The molecule has 1 aliphatic heterocycles. The SMILES string of the molecule is CN=C(NCC1CCN(S(C)(=O)=O)CC1)N(C)Cc1ccc(Cl)cc1. The molecule has 0 amide bonds. The summed E-state index contributed by atoms with van der Waals surface area (Å²) in [7, 11) is 0.702. The van der Waals surface area contributed by atoms with Gasteiger partial charge in [0.2, 0.25) is 10.0 Å². The van der Waals surface area contributed by atoms with Crippen LogP contribution in [0.4, 0.5) is 0 Å². The zero-order valence-electron chi connectivity index (χ0n) is 15.1. The Balaban J connectivity index is 1.81. The van der Waals surface area contributed by atoms with Crippen molar-refractivity contribution in [2.24, 2.45) is 10.9 Å². The predicted molar refractivity (Wildman–Crippen MR) is 103 cm³/mol. The quantitative estimate of drug-likeness (QED) is 0.621. The van der Waals surface area contributed by atoms with Crippen LogP contribution in [0, 0.1) is 5.92 Å². The lowest BCUT2D eigenvalue weighted by Gasteiger charge is -2.31. The Labute approximate surface area is 155 Å². The van der Waals surface area contributed by atoms with Gasteiger partial charge in [0.15, 0.2) is 5.96 Å². The second kappa shape index (κ2) is 8.87. The van der Waals surface area contributed by atoms with Crippen LogP contribution in [0.2, 0.25) is 5.02 Å². The number of nitrogens with zero attached hydrogens (tertiary/aromatic N) is 3. The fourth-order valence-corrected chi connectivity index (χ4v) is 4.00. The smallest absolute Gasteiger partial charge is 0.211 e. The van der Waals surface area contributed by atoms with Gasteiger partial charge in [-0.05, 0) is 36.5 Å². The zero-order valence-corrected chi connectivity index (χ0v) is 16.6. The van der Waals surface area contributed by atoms with E-state index >= 15 is 0 Å². The Morgan fingerprint density at radius 2 is 1.92 bits per heavy atom. The number of hydrogen-bond acceptors (Lipinski definition) is 3. The van der Waals surface area contributed by atoms with Crippen LogP contribution in [-0.2, 0) is 16.6 Å². The van der Waals surface area contributed by atoms with Crippen LogP contribution in [0.5, 0.6) is 0 Å². The number of sulfonamides is 1. The average Bonchev–Trinajstić information content (AvgIpc) is 2.57. The first-order chi connectivity index (χ1) is 11.8. The topological polar surface area (TPSA) is 65.0 Å². The lowest BCUT2D eigenvalue weighted by atomic mass is 9.98. The van der Waals surface area contributed by atoms with E-state index < -0.39 is 10.0 Å². The number of hydrogen-bond donors (Lipinski definition) is 1. The highest BCUT2D eigenvalue weighted by Crippen LogP contribution is 2.18. The number of benzene rings is 1. The third-order valence-electron chi connectivity index (χ3n) is 4.50. The van der Waals surface area contributed by atoms with E-state index in [4.69, 9.17) is 11.6 Å². The van der Waals surface area contributed by atoms with E-state index in [0.29, 0.717) is 19.0 Å². The highest BCUT2D eigenvalue weighted by molar-refractivity contribution is 7.88. The van der Waals surface area contributed by atoms with E-state index in [0.717, 1.165) is 42.5 Å². The molecule has 0 spiro atoms. The molecule has 0 atom stereocenters. The van der Waals surface area contributed by atoms with E-state index in [1.54, 1.807) is 11.4 Å². The number of nitrogens with one attached hydrogen (secondary N) is 1. The molecule has 1 aromatic carbocycles. The third kappa shape index (κ3) is 6.17. The van der Waals surface area contributed by atoms with Crippen LogP contribution < -0.4 is 5.32 Å². The Bertz CT molecular complexity index is 683. The molecule has 0 aromatic heterocycles. The molecule has 0 radical (unpaired) electrons. The van der Waals surface area contributed by atoms with Gasteiger partial charge in [0.05, 0.1) is 6.26 Å². The standard InChI is InChI=1S/C17H27ClN4O2S/c1-19-17(21(2)13-15-4-6-16(18)7-5-15)20-12-14-8-10-22(11-9-14)25(3,23)24/h4-7,14H,8-13H2,1-3H3,(H,19,20). The highest BCUT2D eigenvalue weighted by atomic mass is 35.5. The number of rotatable bonds is 5. The largest absolute Gasteiger partial charge is 0.356 e. The van der Waals surface area contributed by atoms with Gasteiger partial charge in [0, 0.05) is 45.3 Å². The Kier molecular flexibility index (Phi) is 7.10. The predicted octanol–water partition coefficient (Wildman–Crippen LogP) is 2.02.